The third-order valence-electron chi connectivity index (χ3n) is 2.89. The van der Waals surface area contributed by atoms with E-state index in [2.05, 4.69) is 4.98 Å². The van der Waals surface area contributed by atoms with Gasteiger partial charge in [-0.15, -0.1) is 0 Å². The number of ether oxygens (including phenoxy) is 2. The number of aliphatic hydroxyl groups excluding tert-OH is 2. The highest BCUT2D eigenvalue weighted by Crippen LogP contribution is 2.29. The highest BCUT2D eigenvalue weighted by atomic mass is 16.6. The normalized spacial score (nSPS) is 31.7. The summed E-state index contributed by atoms with van der Waals surface area (Å²) in [6.07, 6.45) is -2.04. The number of rotatable bonds is 3. The second-order valence-corrected chi connectivity index (χ2v) is 3.98. The topological polar surface area (TPSA) is 120 Å². The van der Waals surface area contributed by atoms with Crippen LogP contribution in [0, 0.1) is 0 Å². The lowest BCUT2D eigenvalue weighted by Gasteiger charge is -2.18. The molecule has 0 aromatic carbocycles. The van der Waals surface area contributed by atoms with Crippen LogP contribution in [0.5, 0.6) is 0 Å². The maximum absolute atomic E-state index is 11.6. The van der Waals surface area contributed by atoms with Crippen molar-refractivity contribution >= 4 is 5.82 Å². The lowest BCUT2D eigenvalue weighted by molar-refractivity contribution is -0.0568. The fourth-order valence-electron chi connectivity index (χ4n) is 2.01. The SMILES string of the molecule is CO[C@@H]1[C@@H](O)[C@H](n2ccc(N)nc2=O)O[C@@H]1CO. The first-order chi connectivity index (χ1) is 8.58. The van der Waals surface area contributed by atoms with Crippen LogP contribution in [0.1, 0.15) is 6.23 Å². The molecule has 1 aromatic heterocycles. The van der Waals surface area contributed by atoms with Gasteiger partial charge in [0.05, 0.1) is 6.61 Å². The van der Waals surface area contributed by atoms with Gasteiger partial charge in [0.1, 0.15) is 24.1 Å². The summed E-state index contributed by atoms with van der Waals surface area (Å²) in [6.45, 7) is -0.316. The predicted octanol–water partition coefficient (Wildman–Crippen LogP) is -1.91. The smallest absolute Gasteiger partial charge is 0.351 e. The summed E-state index contributed by atoms with van der Waals surface area (Å²) >= 11 is 0. The van der Waals surface area contributed by atoms with Gasteiger partial charge in [-0.3, -0.25) is 4.57 Å². The molecule has 0 bridgehead atoms. The van der Waals surface area contributed by atoms with E-state index in [-0.39, 0.29) is 12.4 Å². The van der Waals surface area contributed by atoms with Crippen molar-refractivity contribution in [1.29, 1.82) is 0 Å². The average molecular weight is 257 g/mol. The first-order valence-electron chi connectivity index (χ1n) is 5.40. The van der Waals surface area contributed by atoms with E-state index in [0.29, 0.717) is 0 Å². The van der Waals surface area contributed by atoms with Crippen molar-refractivity contribution in [3.05, 3.63) is 22.7 Å². The van der Waals surface area contributed by atoms with Gasteiger partial charge in [-0.1, -0.05) is 0 Å². The lowest BCUT2D eigenvalue weighted by Crippen LogP contribution is -2.37. The number of nitrogens with zero attached hydrogens (tertiary/aromatic N) is 2. The summed E-state index contributed by atoms with van der Waals surface area (Å²) in [4.78, 5) is 15.2. The van der Waals surface area contributed by atoms with E-state index in [9.17, 15) is 9.90 Å². The third-order valence-corrected chi connectivity index (χ3v) is 2.89. The zero-order chi connectivity index (χ0) is 13.3. The van der Waals surface area contributed by atoms with Crippen LogP contribution in [0.4, 0.5) is 5.82 Å². The average Bonchev–Trinajstić information content (AvgIpc) is 2.66. The molecule has 0 unspecified atom stereocenters. The summed E-state index contributed by atoms with van der Waals surface area (Å²) in [5, 5.41) is 19.1. The zero-order valence-electron chi connectivity index (χ0n) is 9.76. The molecule has 8 heteroatoms. The summed E-state index contributed by atoms with van der Waals surface area (Å²) in [7, 11) is 1.40. The van der Waals surface area contributed by atoms with Crippen LogP contribution in [0.25, 0.3) is 0 Å². The first kappa shape index (κ1) is 13.0. The number of hydrogen-bond acceptors (Lipinski definition) is 7. The van der Waals surface area contributed by atoms with Crippen LogP contribution >= 0.6 is 0 Å². The largest absolute Gasteiger partial charge is 0.394 e. The van der Waals surface area contributed by atoms with E-state index in [4.69, 9.17) is 20.3 Å². The Morgan fingerprint density at radius 2 is 2.39 bits per heavy atom. The van der Waals surface area contributed by atoms with E-state index in [1.165, 1.54) is 19.4 Å². The third kappa shape index (κ3) is 2.10. The molecule has 18 heavy (non-hydrogen) atoms. The number of nitrogens with two attached hydrogens (primary N) is 1. The number of anilines is 1. The number of aromatic nitrogens is 2. The predicted molar refractivity (Wildman–Crippen MR) is 60.7 cm³/mol. The van der Waals surface area contributed by atoms with E-state index in [1.807, 2.05) is 0 Å². The van der Waals surface area contributed by atoms with Gasteiger partial charge in [-0.2, -0.15) is 4.98 Å². The van der Waals surface area contributed by atoms with Crippen molar-refractivity contribution in [3.8, 4) is 0 Å². The second-order valence-electron chi connectivity index (χ2n) is 3.98. The molecular formula is C10H15N3O5. The Balaban J connectivity index is 2.32. The number of hydrogen-bond donors (Lipinski definition) is 3. The van der Waals surface area contributed by atoms with Crippen molar-refractivity contribution in [2.75, 3.05) is 19.5 Å². The molecule has 4 N–H and O–H groups in total. The quantitative estimate of drug-likeness (QED) is 0.578. The molecule has 2 rings (SSSR count). The molecule has 0 aliphatic carbocycles. The number of methoxy groups -OCH3 is 1. The van der Waals surface area contributed by atoms with Crippen LogP contribution < -0.4 is 11.4 Å². The molecule has 0 spiro atoms. The maximum Gasteiger partial charge on any atom is 0.351 e. The maximum atomic E-state index is 11.6. The Morgan fingerprint density at radius 1 is 1.67 bits per heavy atom. The molecular weight excluding hydrogens is 242 g/mol. The second kappa shape index (κ2) is 5.02. The van der Waals surface area contributed by atoms with E-state index in [1.54, 1.807) is 0 Å². The molecule has 1 fully saturated rings. The van der Waals surface area contributed by atoms with Crippen LogP contribution in [0.15, 0.2) is 17.1 Å². The highest BCUT2D eigenvalue weighted by Gasteiger charge is 2.45. The number of aliphatic hydroxyl groups is 2. The minimum atomic E-state index is -1.07. The van der Waals surface area contributed by atoms with E-state index in [0.717, 1.165) is 4.57 Å². The minimum Gasteiger partial charge on any atom is -0.394 e. The van der Waals surface area contributed by atoms with Crippen LogP contribution in [-0.2, 0) is 9.47 Å². The van der Waals surface area contributed by atoms with Gasteiger partial charge in [0.15, 0.2) is 6.23 Å². The Bertz CT molecular complexity index is 477. The van der Waals surface area contributed by atoms with Crippen molar-refractivity contribution < 1.29 is 19.7 Å². The molecule has 0 radical (unpaired) electrons. The minimum absolute atomic E-state index is 0.0886. The van der Waals surface area contributed by atoms with Crippen molar-refractivity contribution in [2.24, 2.45) is 0 Å². The Labute approximate surface area is 103 Å². The van der Waals surface area contributed by atoms with Crippen LogP contribution in [-0.4, -0.2) is 51.8 Å². The molecule has 0 amide bonds. The molecule has 1 aromatic rings. The standard InChI is InChI=1S/C10H15N3O5/c1-17-8-5(4-14)18-9(7(8)15)13-3-2-6(11)12-10(13)16/h2-3,5,7-9,14-15H,4H2,1H3,(H2,11,12,16)/t5-,7-,8+,9-/m1/s1. The fraction of sp³-hybridized carbons (Fsp3) is 0.600. The van der Waals surface area contributed by atoms with Crippen molar-refractivity contribution in [2.45, 2.75) is 24.5 Å². The molecule has 8 nitrogen and oxygen atoms in total. The Hall–Kier alpha value is -1.48. The molecule has 0 saturated carbocycles. The zero-order valence-corrected chi connectivity index (χ0v) is 9.76. The van der Waals surface area contributed by atoms with E-state index < -0.39 is 30.2 Å². The highest BCUT2D eigenvalue weighted by molar-refractivity contribution is 5.23. The van der Waals surface area contributed by atoms with Crippen molar-refractivity contribution in [3.63, 3.8) is 0 Å². The first-order valence-corrected chi connectivity index (χ1v) is 5.40. The van der Waals surface area contributed by atoms with Gasteiger partial charge < -0.3 is 25.4 Å². The molecule has 1 aliphatic heterocycles. The molecule has 100 valence electrons. The number of nitrogen functional groups attached to an aromatic ring is 1. The summed E-state index contributed by atoms with van der Waals surface area (Å²) in [6, 6.07) is 1.42. The molecule has 1 saturated heterocycles. The Kier molecular flexibility index (Phi) is 3.62. The summed E-state index contributed by atoms with van der Waals surface area (Å²) in [5.41, 5.74) is 4.74. The van der Waals surface area contributed by atoms with Crippen LogP contribution in [0.3, 0.4) is 0 Å². The van der Waals surface area contributed by atoms with Gasteiger partial charge in [-0.25, -0.2) is 4.79 Å². The summed E-state index contributed by atoms with van der Waals surface area (Å²) < 4.78 is 11.6. The van der Waals surface area contributed by atoms with Crippen LogP contribution in [0.2, 0.25) is 0 Å². The monoisotopic (exact) mass is 257 g/mol. The van der Waals surface area contributed by atoms with Gasteiger partial charge in [0.25, 0.3) is 0 Å². The van der Waals surface area contributed by atoms with Gasteiger partial charge in [0, 0.05) is 13.3 Å². The van der Waals surface area contributed by atoms with Crippen molar-refractivity contribution in [1.82, 2.24) is 9.55 Å². The summed E-state index contributed by atoms with van der Waals surface area (Å²) in [5.74, 6) is 0.0886. The molecule has 1 aliphatic rings. The molecule has 2 heterocycles. The van der Waals surface area contributed by atoms with Gasteiger partial charge in [-0.05, 0) is 6.07 Å². The lowest BCUT2D eigenvalue weighted by atomic mass is 10.1. The van der Waals surface area contributed by atoms with E-state index >= 15 is 0 Å². The van der Waals surface area contributed by atoms with Gasteiger partial charge >= 0.3 is 5.69 Å². The Morgan fingerprint density at radius 3 is 2.89 bits per heavy atom. The molecule has 4 atom stereocenters. The van der Waals surface area contributed by atoms with Gasteiger partial charge in [0.2, 0.25) is 0 Å². The fourth-order valence-corrected chi connectivity index (χ4v) is 2.01.